The average Bonchev–Trinajstić information content (AvgIpc) is 2.35. The first kappa shape index (κ1) is 15.4. The Hall–Kier alpha value is -1.63. The maximum atomic E-state index is 13.5. The third kappa shape index (κ3) is 3.04. The van der Waals surface area contributed by atoms with Gasteiger partial charge >= 0.3 is 5.97 Å². The van der Waals surface area contributed by atoms with E-state index in [4.69, 9.17) is 16.7 Å². The molecule has 1 rings (SSSR count). The minimum Gasteiger partial charge on any atom is -0.504 e. The Morgan fingerprint density at radius 1 is 1.32 bits per heavy atom. The Morgan fingerprint density at radius 3 is 2.37 bits per heavy atom. The zero-order chi connectivity index (χ0) is 14.7. The van der Waals surface area contributed by atoms with Crippen LogP contribution in [0.3, 0.4) is 0 Å². The zero-order valence-corrected chi connectivity index (χ0v) is 10.5. The molecule has 1 aromatic rings. The van der Waals surface area contributed by atoms with Gasteiger partial charge in [-0.05, 0) is 0 Å². The van der Waals surface area contributed by atoms with E-state index < -0.39 is 40.5 Å². The van der Waals surface area contributed by atoms with E-state index in [1.54, 1.807) is 6.92 Å². The number of carbonyl (C=O) groups is 1. The SMILES string of the molecule is CC(CCl)COc1c(F)c(O)c(C(=O)O)c(F)c1F. The second-order valence-corrected chi connectivity index (χ2v) is 4.18. The molecule has 0 fully saturated rings. The number of hydrogen-bond acceptors (Lipinski definition) is 3. The van der Waals surface area contributed by atoms with Gasteiger partial charge in [-0.25, -0.2) is 9.18 Å². The normalized spacial score (nSPS) is 12.3. The van der Waals surface area contributed by atoms with Gasteiger partial charge in [0.2, 0.25) is 11.6 Å². The molecule has 8 heteroatoms. The molecule has 0 saturated heterocycles. The Balaban J connectivity index is 3.24. The molecule has 0 heterocycles. The van der Waals surface area contributed by atoms with Crippen LogP contribution in [0, 0.1) is 23.4 Å². The predicted molar refractivity (Wildman–Crippen MR) is 60.3 cm³/mol. The van der Waals surface area contributed by atoms with E-state index in [1.807, 2.05) is 0 Å². The highest BCUT2D eigenvalue weighted by Gasteiger charge is 2.30. The van der Waals surface area contributed by atoms with Crippen LogP contribution in [-0.2, 0) is 0 Å². The summed E-state index contributed by atoms with van der Waals surface area (Å²) >= 11 is 5.46. The summed E-state index contributed by atoms with van der Waals surface area (Å²) in [4.78, 5) is 10.6. The van der Waals surface area contributed by atoms with Crippen molar-refractivity contribution in [3.8, 4) is 11.5 Å². The molecule has 0 aliphatic carbocycles. The van der Waals surface area contributed by atoms with Crippen molar-refractivity contribution in [2.45, 2.75) is 6.92 Å². The van der Waals surface area contributed by atoms with E-state index in [2.05, 4.69) is 4.74 Å². The van der Waals surface area contributed by atoms with Crippen LogP contribution in [0.5, 0.6) is 11.5 Å². The van der Waals surface area contributed by atoms with Crippen LogP contribution in [0.4, 0.5) is 13.2 Å². The molecule has 0 aromatic heterocycles. The van der Waals surface area contributed by atoms with Crippen LogP contribution in [0.1, 0.15) is 17.3 Å². The van der Waals surface area contributed by atoms with Crippen LogP contribution >= 0.6 is 11.6 Å². The maximum Gasteiger partial charge on any atom is 0.342 e. The molecule has 0 amide bonds. The van der Waals surface area contributed by atoms with Crippen LogP contribution in [0.2, 0.25) is 0 Å². The summed E-state index contributed by atoms with van der Waals surface area (Å²) in [5.41, 5.74) is -1.48. The first-order valence-electron chi connectivity index (χ1n) is 5.12. The van der Waals surface area contributed by atoms with Crippen LogP contribution in [0.25, 0.3) is 0 Å². The van der Waals surface area contributed by atoms with Gasteiger partial charge < -0.3 is 14.9 Å². The molecule has 1 aromatic carbocycles. The first-order chi connectivity index (χ1) is 8.81. The van der Waals surface area contributed by atoms with E-state index in [1.165, 1.54) is 0 Å². The third-order valence-corrected chi connectivity index (χ3v) is 2.77. The van der Waals surface area contributed by atoms with Crippen molar-refractivity contribution in [2.24, 2.45) is 5.92 Å². The summed E-state index contributed by atoms with van der Waals surface area (Å²) in [7, 11) is 0. The Morgan fingerprint density at radius 2 is 1.89 bits per heavy atom. The van der Waals surface area contributed by atoms with Gasteiger partial charge in [-0.2, -0.15) is 8.78 Å². The van der Waals surface area contributed by atoms with Gasteiger partial charge in [0.1, 0.15) is 5.56 Å². The fourth-order valence-electron chi connectivity index (χ4n) is 1.22. The van der Waals surface area contributed by atoms with Crippen molar-refractivity contribution in [1.82, 2.24) is 0 Å². The minimum absolute atomic E-state index is 0.144. The number of hydrogen-bond donors (Lipinski definition) is 2. The molecule has 19 heavy (non-hydrogen) atoms. The van der Waals surface area contributed by atoms with Crippen molar-refractivity contribution in [1.29, 1.82) is 0 Å². The topological polar surface area (TPSA) is 66.8 Å². The molecule has 0 spiro atoms. The lowest BCUT2D eigenvalue weighted by Crippen LogP contribution is -2.14. The van der Waals surface area contributed by atoms with E-state index in [0.29, 0.717) is 0 Å². The lowest BCUT2D eigenvalue weighted by molar-refractivity contribution is 0.0685. The fraction of sp³-hybridized carbons (Fsp3) is 0.364. The number of aromatic hydroxyl groups is 1. The summed E-state index contributed by atoms with van der Waals surface area (Å²) in [6, 6.07) is 0. The van der Waals surface area contributed by atoms with Gasteiger partial charge in [-0.3, -0.25) is 0 Å². The summed E-state index contributed by atoms with van der Waals surface area (Å²) < 4.78 is 45.1. The largest absolute Gasteiger partial charge is 0.504 e. The number of halogens is 4. The smallest absolute Gasteiger partial charge is 0.342 e. The maximum absolute atomic E-state index is 13.5. The second kappa shape index (κ2) is 6.01. The summed E-state index contributed by atoms with van der Waals surface area (Å²) in [5.74, 6) is -10.2. The zero-order valence-electron chi connectivity index (χ0n) is 9.71. The summed E-state index contributed by atoms with van der Waals surface area (Å²) in [5, 5.41) is 17.8. The number of carboxylic acids is 1. The van der Waals surface area contributed by atoms with Crippen molar-refractivity contribution < 1.29 is 32.9 Å². The number of benzene rings is 1. The first-order valence-corrected chi connectivity index (χ1v) is 5.66. The van der Waals surface area contributed by atoms with Gasteiger partial charge in [0.15, 0.2) is 17.3 Å². The highest BCUT2D eigenvalue weighted by Crippen LogP contribution is 2.35. The molecule has 4 nitrogen and oxygen atoms in total. The molecule has 2 N–H and O–H groups in total. The Labute approximate surface area is 111 Å². The predicted octanol–water partition coefficient (Wildman–Crippen LogP) is 2.76. The number of carboxylic acid groups (broad SMARTS) is 1. The highest BCUT2D eigenvalue weighted by molar-refractivity contribution is 6.18. The molecule has 1 unspecified atom stereocenters. The molecule has 1 atom stereocenters. The molecular formula is C11H10ClF3O4. The van der Waals surface area contributed by atoms with E-state index in [9.17, 15) is 23.1 Å². The van der Waals surface area contributed by atoms with Gasteiger partial charge in [-0.1, -0.05) is 6.92 Å². The molecule has 0 aliphatic heterocycles. The minimum atomic E-state index is -1.99. The van der Waals surface area contributed by atoms with Gasteiger partial charge in [0, 0.05) is 11.8 Å². The third-order valence-electron chi connectivity index (χ3n) is 2.25. The molecule has 0 saturated carbocycles. The van der Waals surface area contributed by atoms with Gasteiger partial charge in [0.05, 0.1) is 6.61 Å². The van der Waals surface area contributed by atoms with Crippen molar-refractivity contribution in [3.05, 3.63) is 23.0 Å². The molecule has 0 radical (unpaired) electrons. The van der Waals surface area contributed by atoms with Gasteiger partial charge in [-0.15, -0.1) is 11.6 Å². The Kier molecular flexibility index (Phi) is 4.88. The van der Waals surface area contributed by atoms with Crippen molar-refractivity contribution in [2.75, 3.05) is 12.5 Å². The molecule has 106 valence electrons. The number of phenols is 1. The standard InChI is InChI=1S/C11H10ClF3O4/c1-4(2-12)3-19-10-7(14)6(13)5(11(17)18)9(16)8(10)15/h4,16H,2-3H2,1H3,(H,17,18). The summed E-state index contributed by atoms with van der Waals surface area (Å²) in [6.07, 6.45) is 0. The number of aromatic carboxylic acids is 1. The van der Waals surface area contributed by atoms with Crippen LogP contribution in [-0.4, -0.2) is 28.7 Å². The van der Waals surface area contributed by atoms with E-state index in [0.717, 1.165) is 0 Å². The lowest BCUT2D eigenvalue weighted by Gasteiger charge is -2.14. The Bertz CT molecular complexity index is 478. The van der Waals surface area contributed by atoms with Crippen LogP contribution in [0.15, 0.2) is 0 Å². The van der Waals surface area contributed by atoms with Crippen molar-refractivity contribution in [3.63, 3.8) is 0 Å². The summed E-state index contributed by atoms with van der Waals surface area (Å²) in [6.45, 7) is 1.40. The van der Waals surface area contributed by atoms with E-state index in [-0.39, 0.29) is 18.4 Å². The number of ether oxygens (including phenoxy) is 1. The lowest BCUT2D eigenvalue weighted by atomic mass is 10.1. The number of alkyl halides is 1. The average molecular weight is 299 g/mol. The molecule has 0 aliphatic rings. The van der Waals surface area contributed by atoms with E-state index >= 15 is 0 Å². The highest BCUT2D eigenvalue weighted by atomic mass is 35.5. The monoisotopic (exact) mass is 298 g/mol. The fourth-order valence-corrected chi connectivity index (χ4v) is 1.31. The van der Waals surface area contributed by atoms with Gasteiger partial charge in [0.25, 0.3) is 0 Å². The second-order valence-electron chi connectivity index (χ2n) is 3.87. The van der Waals surface area contributed by atoms with Crippen molar-refractivity contribution >= 4 is 17.6 Å². The molecule has 0 bridgehead atoms. The number of rotatable bonds is 5. The quantitative estimate of drug-likeness (QED) is 0.648. The van der Waals surface area contributed by atoms with Crippen LogP contribution < -0.4 is 4.74 Å². The molecular weight excluding hydrogens is 289 g/mol.